The minimum absolute atomic E-state index is 0.0194. The van der Waals surface area contributed by atoms with E-state index < -0.39 is 0 Å². The predicted octanol–water partition coefficient (Wildman–Crippen LogP) is 1.55. The normalized spacial score (nSPS) is 10.6. The fourth-order valence-corrected chi connectivity index (χ4v) is 1.41. The van der Waals surface area contributed by atoms with Crippen LogP contribution in [0.4, 0.5) is 5.95 Å². The van der Waals surface area contributed by atoms with E-state index >= 15 is 0 Å². The molecule has 1 aromatic heterocycles. The SMILES string of the molecule is Cc1cc(C(=N)N)nc(N(C)CCC(C)C)n1. The molecule has 0 saturated heterocycles. The Balaban J connectivity index is 2.86. The lowest BCUT2D eigenvalue weighted by Crippen LogP contribution is -2.24. The van der Waals surface area contributed by atoms with E-state index in [1.165, 1.54) is 0 Å². The molecule has 0 unspecified atom stereocenters. The Labute approximate surface area is 103 Å². The van der Waals surface area contributed by atoms with Crippen LogP contribution in [0.2, 0.25) is 0 Å². The van der Waals surface area contributed by atoms with E-state index in [0.29, 0.717) is 17.6 Å². The van der Waals surface area contributed by atoms with Crippen molar-refractivity contribution >= 4 is 11.8 Å². The van der Waals surface area contributed by atoms with E-state index in [-0.39, 0.29) is 5.84 Å². The van der Waals surface area contributed by atoms with Crippen LogP contribution in [0, 0.1) is 18.3 Å². The summed E-state index contributed by atoms with van der Waals surface area (Å²) in [5, 5.41) is 7.41. The molecular formula is C12H21N5. The maximum absolute atomic E-state index is 7.41. The lowest BCUT2D eigenvalue weighted by atomic mass is 10.1. The Bertz CT molecular complexity index is 400. The van der Waals surface area contributed by atoms with E-state index in [2.05, 4.69) is 23.8 Å². The fourth-order valence-electron chi connectivity index (χ4n) is 1.41. The van der Waals surface area contributed by atoms with Crippen molar-refractivity contribution in [3.05, 3.63) is 17.5 Å². The summed E-state index contributed by atoms with van der Waals surface area (Å²) in [7, 11) is 1.96. The fraction of sp³-hybridized carbons (Fsp3) is 0.583. The number of nitrogen functional groups attached to an aromatic ring is 1. The molecule has 0 aliphatic rings. The molecule has 1 rings (SSSR count). The second-order valence-corrected chi connectivity index (χ2v) is 4.71. The van der Waals surface area contributed by atoms with Crippen molar-refractivity contribution in [2.45, 2.75) is 27.2 Å². The summed E-state index contributed by atoms with van der Waals surface area (Å²) < 4.78 is 0. The van der Waals surface area contributed by atoms with E-state index in [9.17, 15) is 0 Å². The molecule has 0 amide bonds. The quantitative estimate of drug-likeness (QED) is 0.599. The molecule has 0 atom stereocenters. The molecule has 0 spiro atoms. The molecule has 0 bridgehead atoms. The highest BCUT2D eigenvalue weighted by Crippen LogP contribution is 2.10. The van der Waals surface area contributed by atoms with Crippen molar-refractivity contribution in [1.29, 1.82) is 5.41 Å². The average molecular weight is 235 g/mol. The number of aryl methyl sites for hydroxylation is 1. The van der Waals surface area contributed by atoms with Gasteiger partial charge in [0.15, 0.2) is 0 Å². The highest BCUT2D eigenvalue weighted by molar-refractivity contribution is 5.93. The highest BCUT2D eigenvalue weighted by Gasteiger charge is 2.09. The van der Waals surface area contributed by atoms with Crippen LogP contribution >= 0.6 is 0 Å². The van der Waals surface area contributed by atoms with Crippen LogP contribution < -0.4 is 10.6 Å². The summed E-state index contributed by atoms with van der Waals surface area (Å²) in [5.41, 5.74) is 6.77. The minimum Gasteiger partial charge on any atom is -0.382 e. The van der Waals surface area contributed by atoms with Crippen molar-refractivity contribution in [2.75, 3.05) is 18.5 Å². The topological polar surface area (TPSA) is 78.9 Å². The first kappa shape index (κ1) is 13.4. The number of rotatable bonds is 5. The Kier molecular flexibility index (Phi) is 4.43. The van der Waals surface area contributed by atoms with Gasteiger partial charge in [-0.05, 0) is 25.3 Å². The van der Waals surface area contributed by atoms with Crippen molar-refractivity contribution in [3.8, 4) is 0 Å². The zero-order chi connectivity index (χ0) is 13.0. The van der Waals surface area contributed by atoms with Crippen LogP contribution in [0.25, 0.3) is 0 Å². The summed E-state index contributed by atoms with van der Waals surface area (Å²) in [6.07, 6.45) is 1.09. The average Bonchev–Trinajstić information content (AvgIpc) is 2.24. The first-order chi connectivity index (χ1) is 7.90. The van der Waals surface area contributed by atoms with Crippen LogP contribution in [0.1, 0.15) is 31.7 Å². The molecule has 0 aliphatic carbocycles. The number of hydrogen-bond acceptors (Lipinski definition) is 4. The van der Waals surface area contributed by atoms with Crippen LogP contribution in [0.5, 0.6) is 0 Å². The van der Waals surface area contributed by atoms with Crippen molar-refractivity contribution < 1.29 is 0 Å². The van der Waals surface area contributed by atoms with Gasteiger partial charge in [-0.3, -0.25) is 5.41 Å². The third kappa shape index (κ3) is 4.01. The van der Waals surface area contributed by atoms with Gasteiger partial charge in [0.1, 0.15) is 11.5 Å². The van der Waals surface area contributed by atoms with Gasteiger partial charge in [0.25, 0.3) is 0 Å². The number of aromatic nitrogens is 2. The van der Waals surface area contributed by atoms with Crippen LogP contribution in [-0.2, 0) is 0 Å². The number of nitrogens with two attached hydrogens (primary N) is 1. The zero-order valence-electron chi connectivity index (χ0n) is 11.0. The molecular weight excluding hydrogens is 214 g/mol. The van der Waals surface area contributed by atoms with E-state index in [1.54, 1.807) is 6.07 Å². The van der Waals surface area contributed by atoms with E-state index in [4.69, 9.17) is 11.1 Å². The molecule has 0 fully saturated rings. The van der Waals surface area contributed by atoms with Gasteiger partial charge in [0.05, 0.1) is 0 Å². The monoisotopic (exact) mass is 235 g/mol. The Morgan fingerprint density at radius 1 is 1.47 bits per heavy atom. The molecule has 0 saturated carbocycles. The number of hydrogen-bond donors (Lipinski definition) is 2. The van der Waals surface area contributed by atoms with Gasteiger partial charge in [-0.1, -0.05) is 13.8 Å². The lowest BCUT2D eigenvalue weighted by Gasteiger charge is -2.19. The largest absolute Gasteiger partial charge is 0.382 e. The van der Waals surface area contributed by atoms with Crippen LogP contribution in [0.3, 0.4) is 0 Å². The van der Waals surface area contributed by atoms with Crippen molar-refractivity contribution in [3.63, 3.8) is 0 Å². The number of nitrogens with zero attached hydrogens (tertiary/aromatic N) is 3. The van der Waals surface area contributed by atoms with Gasteiger partial charge >= 0.3 is 0 Å². The minimum atomic E-state index is -0.0194. The number of anilines is 1. The second kappa shape index (κ2) is 5.61. The maximum atomic E-state index is 7.41. The van der Waals surface area contributed by atoms with Gasteiger partial charge in [-0.2, -0.15) is 0 Å². The second-order valence-electron chi connectivity index (χ2n) is 4.71. The molecule has 0 aliphatic heterocycles. The van der Waals surface area contributed by atoms with Gasteiger partial charge < -0.3 is 10.6 Å². The Hall–Kier alpha value is -1.65. The van der Waals surface area contributed by atoms with E-state index in [0.717, 1.165) is 18.7 Å². The molecule has 94 valence electrons. The van der Waals surface area contributed by atoms with Crippen molar-refractivity contribution in [1.82, 2.24) is 9.97 Å². The Morgan fingerprint density at radius 2 is 2.12 bits per heavy atom. The van der Waals surface area contributed by atoms with E-state index in [1.807, 2.05) is 18.9 Å². The summed E-state index contributed by atoms with van der Waals surface area (Å²) in [6, 6.07) is 1.72. The Morgan fingerprint density at radius 3 is 2.65 bits per heavy atom. The van der Waals surface area contributed by atoms with Gasteiger partial charge in [-0.25, -0.2) is 9.97 Å². The standard InChI is InChI=1S/C12H21N5/c1-8(2)5-6-17(4)12-15-9(3)7-10(16-12)11(13)14/h7-8H,5-6H2,1-4H3,(H3,13,14). The predicted molar refractivity (Wildman–Crippen MR) is 70.5 cm³/mol. The van der Waals surface area contributed by atoms with Gasteiger partial charge in [-0.15, -0.1) is 0 Å². The van der Waals surface area contributed by atoms with Crippen LogP contribution in [0.15, 0.2) is 6.07 Å². The molecule has 1 heterocycles. The highest BCUT2D eigenvalue weighted by atomic mass is 15.2. The number of nitrogens with one attached hydrogen (secondary N) is 1. The molecule has 3 N–H and O–H groups in total. The summed E-state index contributed by atoms with van der Waals surface area (Å²) in [6.45, 7) is 7.16. The molecule has 5 nitrogen and oxygen atoms in total. The summed E-state index contributed by atoms with van der Waals surface area (Å²) >= 11 is 0. The molecule has 0 radical (unpaired) electrons. The molecule has 0 aromatic carbocycles. The third-order valence-electron chi connectivity index (χ3n) is 2.50. The zero-order valence-corrected chi connectivity index (χ0v) is 11.0. The van der Waals surface area contributed by atoms with Gasteiger partial charge in [0.2, 0.25) is 5.95 Å². The summed E-state index contributed by atoms with van der Waals surface area (Å²) in [5.74, 6) is 1.26. The molecule has 5 heteroatoms. The summed E-state index contributed by atoms with van der Waals surface area (Å²) in [4.78, 5) is 10.6. The first-order valence-corrected chi connectivity index (χ1v) is 5.81. The number of amidine groups is 1. The third-order valence-corrected chi connectivity index (χ3v) is 2.50. The van der Waals surface area contributed by atoms with Crippen LogP contribution in [-0.4, -0.2) is 29.4 Å². The molecule has 17 heavy (non-hydrogen) atoms. The smallest absolute Gasteiger partial charge is 0.225 e. The van der Waals surface area contributed by atoms with Crippen molar-refractivity contribution in [2.24, 2.45) is 11.7 Å². The first-order valence-electron chi connectivity index (χ1n) is 5.81. The molecule has 1 aromatic rings. The van der Waals surface area contributed by atoms with Gasteiger partial charge in [0, 0.05) is 19.3 Å². The lowest BCUT2D eigenvalue weighted by molar-refractivity contribution is 0.581. The maximum Gasteiger partial charge on any atom is 0.225 e.